The summed E-state index contributed by atoms with van der Waals surface area (Å²) >= 11 is 0. The van der Waals surface area contributed by atoms with Crippen molar-refractivity contribution in [1.82, 2.24) is 19.9 Å². The van der Waals surface area contributed by atoms with E-state index < -0.39 is 17.9 Å². The highest BCUT2D eigenvalue weighted by molar-refractivity contribution is 5.88. The van der Waals surface area contributed by atoms with E-state index in [1.165, 1.54) is 0 Å². The van der Waals surface area contributed by atoms with Gasteiger partial charge in [0.05, 0.1) is 22.8 Å². The molecule has 5 rings (SSSR count). The summed E-state index contributed by atoms with van der Waals surface area (Å²) in [7, 11) is 0. The molecule has 5 N–H and O–H groups in total. The zero-order valence-electron chi connectivity index (χ0n) is 20.9. The second kappa shape index (κ2) is 10.8. The van der Waals surface area contributed by atoms with Crippen LogP contribution in [0.2, 0.25) is 0 Å². The first-order valence-electron chi connectivity index (χ1n) is 12.5. The Labute approximate surface area is 222 Å². The number of allylic oxidation sites excluding steroid dienone is 2. The van der Waals surface area contributed by atoms with Crippen molar-refractivity contribution in [2.45, 2.75) is 38.5 Å². The largest absolute Gasteiger partial charge is 0.481 e. The molecule has 0 atom stereocenters. The highest BCUT2D eigenvalue weighted by atomic mass is 16.4. The number of aryl methyl sites for hydroxylation is 1. The summed E-state index contributed by atoms with van der Waals surface area (Å²) in [4.78, 5) is 49.9. The van der Waals surface area contributed by atoms with Gasteiger partial charge in [-0.2, -0.15) is 0 Å². The van der Waals surface area contributed by atoms with E-state index in [1.807, 2.05) is 54.6 Å². The van der Waals surface area contributed by atoms with E-state index >= 15 is 0 Å². The number of aromatic amines is 2. The third-order valence-corrected chi connectivity index (χ3v) is 6.49. The molecule has 39 heavy (non-hydrogen) atoms. The Kier molecular flexibility index (Phi) is 7.09. The molecule has 0 saturated carbocycles. The summed E-state index contributed by atoms with van der Waals surface area (Å²) in [6.07, 6.45) is 4.47. The first-order valence-corrected chi connectivity index (χ1v) is 12.5. The number of nitrogens with zero attached hydrogens (tertiary/aromatic N) is 2. The fraction of sp³-hybridized carbons (Fsp3) is 0.207. The van der Waals surface area contributed by atoms with Gasteiger partial charge in [-0.25, -0.2) is 9.97 Å². The van der Waals surface area contributed by atoms with Crippen molar-refractivity contribution in [3.05, 3.63) is 70.8 Å². The van der Waals surface area contributed by atoms with Crippen LogP contribution in [0.4, 0.5) is 0 Å². The fourth-order valence-corrected chi connectivity index (χ4v) is 4.67. The maximum Gasteiger partial charge on any atom is 0.303 e. The summed E-state index contributed by atoms with van der Waals surface area (Å²) in [5, 5.41) is 27.7. The highest BCUT2D eigenvalue weighted by Gasteiger charge is 2.15. The number of aromatic nitrogens is 4. The number of hydrogen-bond acceptors (Lipinski definition) is 5. The maximum atomic E-state index is 11.3. The standard InChI is InChI=1S/C29H26N4O6/c34-27(35)6-1-16-9-21-12-19-4-5-20(30-19)13-22-10-17(2-7-28(36)37)25(32-22)15-26-18(3-8-29(38)39)11-23(33-26)14-24(16)31-21/h4-5,9-15,30,33H,1-3,6-8H2,(H,34,35)(H,36,37)(H,38,39). The zero-order chi connectivity index (χ0) is 27.5. The van der Waals surface area contributed by atoms with Crippen LogP contribution in [0.3, 0.4) is 0 Å². The molecule has 3 aromatic heterocycles. The quantitative estimate of drug-likeness (QED) is 0.255. The average Bonchev–Trinajstić information content (AvgIpc) is 3.63. The molecule has 2 aliphatic heterocycles. The highest BCUT2D eigenvalue weighted by Crippen LogP contribution is 2.29. The number of fused-ring (bicyclic) bond motifs is 8. The number of carboxylic acids is 3. The Bertz CT molecular complexity index is 1710. The number of hydrogen-bond donors (Lipinski definition) is 5. The number of carboxylic acid groups (broad SMARTS) is 3. The van der Waals surface area contributed by atoms with E-state index in [-0.39, 0.29) is 25.7 Å². The lowest BCUT2D eigenvalue weighted by molar-refractivity contribution is -0.137. The van der Waals surface area contributed by atoms with Crippen molar-refractivity contribution in [2.75, 3.05) is 0 Å². The van der Waals surface area contributed by atoms with E-state index in [1.54, 1.807) is 0 Å². The van der Waals surface area contributed by atoms with Gasteiger partial charge in [-0.1, -0.05) is 0 Å². The van der Waals surface area contributed by atoms with Gasteiger partial charge in [-0.15, -0.1) is 0 Å². The number of rotatable bonds is 9. The molecular formula is C29H26N4O6. The smallest absolute Gasteiger partial charge is 0.303 e. The third kappa shape index (κ3) is 6.30. The molecule has 0 spiro atoms. The molecule has 0 radical (unpaired) electrons. The van der Waals surface area contributed by atoms with Crippen LogP contribution in [0.5, 0.6) is 0 Å². The number of H-pyrrole nitrogens is 2. The van der Waals surface area contributed by atoms with E-state index in [0.29, 0.717) is 46.7 Å². The lowest BCUT2D eigenvalue weighted by Crippen LogP contribution is -1.97. The van der Waals surface area contributed by atoms with Gasteiger partial charge in [0.15, 0.2) is 0 Å². The minimum atomic E-state index is -0.921. The van der Waals surface area contributed by atoms with Crippen LogP contribution in [0.25, 0.3) is 45.4 Å². The lowest BCUT2D eigenvalue weighted by Gasteiger charge is -2.00. The summed E-state index contributed by atoms with van der Waals surface area (Å²) in [5.41, 5.74) is 7.87. The number of nitrogens with one attached hydrogen (secondary N) is 2. The molecule has 0 aliphatic carbocycles. The van der Waals surface area contributed by atoms with Gasteiger partial charge in [0.25, 0.3) is 0 Å². The van der Waals surface area contributed by atoms with E-state index in [4.69, 9.17) is 9.97 Å². The zero-order valence-corrected chi connectivity index (χ0v) is 20.9. The molecule has 0 amide bonds. The van der Waals surface area contributed by atoms with Crippen LogP contribution in [0.15, 0.2) is 42.5 Å². The molecule has 198 valence electrons. The topological polar surface area (TPSA) is 169 Å². The first kappa shape index (κ1) is 25.7. The van der Waals surface area contributed by atoms with Gasteiger partial charge in [0.2, 0.25) is 0 Å². The Hall–Kier alpha value is -4.99. The second-order valence-electron chi connectivity index (χ2n) is 9.47. The van der Waals surface area contributed by atoms with Gasteiger partial charge in [0, 0.05) is 41.3 Å². The van der Waals surface area contributed by atoms with Crippen LogP contribution >= 0.6 is 0 Å². The number of aliphatic carboxylic acids is 3. The van der Waals surface area contributed by atoms with Gasteiger partial charge >= 0.3 is 17.9 Å². The van der Waals surface area contributed by atoms with Gasteiger partial charge in [0.1, 0.15) is 0 Å². The molecule has 10 nitrogen and oxygen atoms in total. The summed E-state index contributed by atoms with van der Waals surface area (Å²) in [6.45, 7) is 0. The Morgan fingerprint density at radius 3 is 1.67 bits per heavy atom. The fourth-order valence-electron chi connectivity index (χ4n) is 4.67. The Morgan fingerprint density at radius 1 is 0.615 bits per heavy atom. The third-order valence-electron chi connectivity index (χ3n) is 6.49. The van der Waals surface area contributed by atoms with Crippen LogP contribution in [0, 0.1) is 0 Å². The first-order chi connectivity index (χ1) is 18.7. The molecule has 3 aromatic rings. The van der Waals surface area contributed by atoms with E-state index in [0.717, 1.165) is 27.7 Å². The predicted molar refractivity (Wildman–Crippen MR) is 146 cm³/mol. The van der Waals surface area contributed by atoms with Gasteiger partial charge < -0.3 is 25.3 Å². The minimum Gasteiger partial charge on any atom is -0.481 e. The Morgan fingerprint density at radius 2 is 1.13 bits per heavy atom. The summed E-state index contributed by atoms with van der Waals surface area (Å²) in [6, 6.07) is 13.1. The van der Waals surface area contributed by atoms with Crippen molar-refractivity contribution >= 4 is 63.3 Å². The van der Waals surface area contributed by atoms with Crippen molar-refractivity contribution < 1.29 is 29.7 Å². The molecule has 2 aliphatic rings. The van der Waals surface area contributed by atoms with Crippen LogP contribution in [0.1, 0.15) is 60.4 Å². The van der Waals surface area contributed by atoms with E-state index in [9.17, 15) is 29.7 Å². The number of carbonyl (C=O) groups is 3. The molecule has 10 heteroatoms. The Balaban J connectivity index is 1.74. The molecule has 0 fully saturated rings. The normalized spacial score (nSPS) is 12.6. The summed E-state index contributed by atoms with van der Waals surface area (Å²) < 4.78 is 0. The van der Waals surface area contributed by atoms with Crippen LogP contribution in [-0.2, 0) is 20.8 Å². The minimum absolute atomic E-state index is 0.0366. The molecular weight excluding hydrogens is 500 g/mol. The van der Waals surface area contributed by atoms with Crippen molar-refractivity contribution in [1.29, 1.82) is 0 Å². The lowest BCUT2D eigenvalue weighted by atomic mass is 10.1. The maximum absolute atomic E-state index is 11.3. The van der Waals surface area contributed by atoms with Crippen LogP contribution in [-0.4, -0.2) is 53.2 Å². The van der Waals surface area contributed by atoms with Gasteiger partial charge in [-0.05, 0) is 90.6 Å². The molecule has 0 unspecified atom stereocenters. The van der Waals surface area contributed by atoms with Crippen molar-refractivity contribution in [2.24, 2.45) is 0 Å². The molecule has 0 aromatic carbocycles. The average molecular weight is 527 g/mol. The van der Waals surface area contributed by atoms with Crippen molar-refractivity contribution in [3.63, 3.8) is 0 Å². The second-order valence-corrected chi connectivity index (χ2v) is 9.47. The SMILES string of the molecule is O=C(O)CCC1=Cc2cc3ccc(cc4nc(cc5[nH]c(cc1n2)cc5CCC(=O)O)C(CCC(=O)O)=C4)[nH]3. The van der Waals surface area contributed by atoms with Gasteiger partial charge in [-0.3, -0.25) is 14.4 Å². The molecule has 5 heterocycles. The molecule has 8 bridgehead atoms. The van der Waals surface area contributed by atoms with E-state index in [2.05, 4.69) is 9.97 Å². The monoisotopic (exact) mass is 526 g/mol. The summed E-state index contributed by atoms with van der Waals surface area (Å²) in [5.74, 6) is -2.73. The molecule has 0 saturated heterocycles. The van der Waals surface area contributed by atoms with Crippen molar-refractivity contribution in [3.8, 4) is 0 Å². The van der Waals surface area contributed by atoms with Crippen LogP contribution < -0.4 is 0 Å². The predicted octanol–water partition coefficient (Wildman–Crippen LogP) is 5.14.